The van der Waals surface area contributed by atoms with Gasteiger partial charge in [-0.05, 0) is 24.6 Å². The monoisotopic (exact) mass is 535 g/mol. The highest BCUT2D eigenvalue weighted by atomic mass is 127. The standard InChI is InChI=1S/C19H26ClN5OS.HI/c1-14-11-22-18(27-14)13-24-19(21-2)23-12-17(25-7-9-26-10-8-25)15-3-5-16(20)6-4-15;/h3-6,11,17H,7-10,12-13H2,1-2H3,(H2,21,23,24);1H. The van der Waals surface area contributed by atoms with Crippen LogP contribution in [0.15, 0.2) is 35.5 Å². The van der Waals surface area contributed by atoms with Gasteiger partial charge >= 0.3 is 0 Å². The molecule has 3 rings (SSSR count). The van der Waals surface area contributed by atoms with Crippen molar-refractivity contribution in [2.45, 2.75) is 19.5 Å². The molecule has 2 aromatic rings. The average molecular weight is 536 g/mol. The molecule has 0 spiro atoms. The molecular weight excluding hydrogens is 509 g/mol. The van der Waals surface area contributed by atoms with Crippen LogP contribution >= 0.6 is 46.9 Å². The molecule has 0 saturated carbocycles. The minimum Gasteiger partial charge on any atom is -0.379 e. The van der Waals surface area contributed by atoms with E-state index in [1.54, 1.807) is 18.4 Å². The number of rotatable bonds is 6. The molecule has 1 aromatic carbocycles. The van der Waals surface area contributed by atoms with Gasteiger partial charge in [0.2, 0.25) is 0 Å². The SMILES string of the molecule is CN=C(NCc1ncc(C)s1)NCC(c1ccc(Cl)cc1)N1CCOCC1.I. The fourth-order valence-electron chi connectivity index (χ4n) is 3.09. The number of aromatic nitrogens is 1. The number of thiazole rings is 1. The number of aliphatic imine (C=N–C) groups is 1. The van der Waals surface area contributed by atoms with E-state index in [1.807, 2.05) is 18.3 Å². The fraction of sp³-hybridized carbons (Fsp3) is 0.474. The van der Waals surface area contributed by atoms with Gasteiger partial charge < -0.3 is 15.4 Å². The summed E-state index contributed by atoms with van der Waals surface area (Å²) < 4.78 is 5.52. The van der Waals surface area contributed by atoms with E-state index in [4.69, 9.17) is 16.3 Å². The van der Waals surface area contributed by atoms with Gasteiger partial charge in [-0.3, -0.25) is 9.89 Å². The Morgan fingerprint density at radius 2 is 2.00 bits per heavy atom. The number of aryl methyl sites for hydroxylation is 1. The minimum atomic E-state index is 0. The zero-order valence-electron chi connectivity index (χ0n) is 16.2. The minimum absolute atomic E-state index is 0. The number of nitrogens with zero attached hydrogens (tertiary/aromatic N) is 3. The smallest absolute Gasteiger partial charge is 0.191 e. The molecule has 1 atom stereocenters. The third-order valence-electron chi connectivity index (χ3n) is 4.50. The Morgan fingerprint density at radius 3 is 2.61 bits per heavy atom. The maximum absolute atomic E-state index is 6.07. The van der Waals surface area contributed by atoms with E-state index < -0.39 is 0 Å². The van der Waals surface area contributed by atoms with E-state index in [2.05, 4.69) is 44.6 Å². The Bertz CT molecular complexity index is 749. The van der Waals surface area contributed by atoms with Gasteiger partial charge in [-0.1, -0.05) is 23.7 Å². The number of nitrogens with one attached hydrogen (secondary N) is 2. The second-order valence-corrected chi connectivity index (χ2v) is 8.14. The predicted octanol–water partition coefficient (Wildman–Crippen LogP) is 3.46. The summed E-state index contributed by atoms with van der Waals surface area (Å²) in [5, 5.41) is 8.60. The molecule has 1 aliphatic rings. The predicted molar refractivity (Wildman–Crippen MR) is 127 cm³/mol. The highest BCUT2D eigenvalue weighted by Gasteiger charge is 2.23. The normalized spacial score (nSPS) is 16.3. The summed E-state index contributed by atoms with van der Waals surface area (Å²) >= 11 is 7.76. The lowest BCUT2D eigenvalue weighted by molar-refractivity contribution is 0.0170. The van der Waals surface area contributed by atoms with Crippen molar-refractivity contribution >= 4 is 52.9 Å². The number of benzene rings is 1. The first-order valence-corrected chi connectivity index (χ1v) is 10.3. The summed E-state index contributed by atoms with van der Waals surface area (Å²) in [5.41, 5.74) is 1.24. The van der Waals surface area contributed by atoms with Gasteiger partial charge in [0.05, 0.1) is 25.8 Å². The number of morpholine rings is 1. The van der Waals surface area contributed by atoms with Crippen LogP contribution in [-0.2, 0) is 11.3 Å². The summed E-state index contributed by atoms with van der Waals surface area (Å²) in [7, 11) is 1.79. The zero-order valence-corrected chi connectivity index (χ0v) is 20.1. The summed E-state index contributed by atoms with van der Waals surface area (Å²) in [6.07, 6.45) is 1.90. The van der Waals surface area contributed by atoms with Crippen molar-refractivity contribution in [2.75, 3.05) is 39.9 Å². The summed E-state index contributed by atoms with van der Waals surface area (Å²) in [6.45, 7) is 6.84. The van der Waals surface area contributed by atoms with Crippen LogP contribution in [0, 0.1) is 6.92 Å². The molecule has 2 N–H and O–H groups in total. The average Bonchev–Trinajstić information content (AvgIpc) is 3.11. The Kier molecular flexibility index (Phi) is 9.93. The Morgan fingerprint density at radius 1 is 1.29 bits per heavy atom. The number of ether oxygens (including phenoxy) is 1. The number of halogens is 2. The van der Waals surface area contributed by atoms with Crippen molar-refractivity contribution in [3.05, 3.63) is 50.9 Å². The van der Waals surface area contributed by atoms with Crippen molar-refractivity contribution in [3.8, 4) is 0 Å². The first-order valence-electron chi connectivity index (χ1n) is 9.09. The van der Waals surface area contributed by atoms with Gasteiger partial charge in [0, 0.05) is 42.8 Å². The second kappa shape index (κ2) is 11.9. The van der Waals surface area contributed by atoms with E-state index >= 15 is 0 Å². The third kappa shape index (κ3) is 6.84. The van der Waals surface area contributed by atoms with Gasteiger partial charge in [-0.15, -0.1) is 35.3 Å². The van der Waals surface area contributed by atoms with Gasteiger partial charge in [0.15, 0.2) is 5.96 Å². The van der Waals surface area contributed by atoms with E-state index in [0.717, 1.165) is 48.8 Å². The van der Waals surface area contributed by atoms with Gasteiger partial charge in [0.1, 0.15) is 5.01 Å². The Balaban J connectivity index is 0.00000280. The number of hydrogen-bond donors (Lipinski definition) is 2. The van der Waals surface area contributed by atoms with Gasteiger partial charge in [-0.2, -0.15) is 0 Å². The molecule has 1 saturated heterocycles. The van der Waals surface area contributed by atoms with E-state index in [9.17, 15) is 0 Å². The molecule has 0 bridgehead atoms. The molecule has 0 radical (unpaired) electrons. The van der Waals surface area contributed by atoms with Crippen LogP contribution in [0.4, 0.5) is 0 Å². The lowest BCUT2D eigenvalue weighted by Gasteiger charge is -2.35. The first kappa shape index (κ1) is 23.3. The molecule has 0 amide bonds. The summed E-state index contributed by atoms with van der Waals surface area (Å²) in [5.74, 6) is 0.773. The molecule has 6 nitrogen and oxygen atoms in total. The molecular formula is C19H27ClIN5OS. The quantitative estimate of drug-likeness (QED) is 0.337. The van der Waals surface area contributed by atoms with Crippen LogP contribution in [0.3, 0.4) is 0 Å². The van der Waals surface area contributed by atoms with Crippen molar-refractivity contribution < 1.29 is 4.74 Å². The van der Waals surface area contributed by atoms with Crippen LogP contribution in [0.5, 0.6) is 0 Å². The highest BCUT2D eigenvalue weighted by Crippen LogP contribution is 2.23. The van der Waals surface area contributed by atoms with Gasteiger partial charge in [-0.25, -0.2) is 4.98 Å². The molecule has 28 heavy (non-hydrogen) atoms. The zero-order chi connectivity index (χ0) is 19.1. The van der Waals surface area contributed by atoms with Crippen molar-refractivity contribution in [3.63, 3.8) is 0 Å². The highest BCUT2D eigenvalue weighted by molar-refractivity contribution is 14.0. The molecule has 9 heteroatoms. The van der Waals surface area contributed by atoms with Crippen molar-refractivity contribution in [2.24, 2.45) is 4.99 Å². The Labute approximate surface area is 192 Å². The van der Waals surface area contributed by atoms with Crippen molar-refractivity contribution in [1.82, 2.24) is 20.5 Å². The van der Waals surface area contributed by atoms with E-state index in [1.165, 1.54) is 10.4 Å². The number of hydrogen-bond acceptors (Lipinski definition) is 5. The third-order valence-corrected chi connectivity index (χ3v) is 5.67. The molecule has 0 aliphatic carbocycles. The maximum Gasteiger partial charge on any atom is 0.191 e. The summed E-state index contributed by atoms with van der Waals surface area (Å²) in [4.78, 5) is 12.4. The lowest BCUT2D eigenvalue weighted by atomic mass is 10.0. The lowest BCUT2D eigenvalue weighted by Crippen LogP contribution is -2.46. The Hall–Kier alpha value is -0.940. The van der Waals surface area contributed by atoms with Crippen LogP contribution < -0.4 is 10.6 Å². The molecule has 1 unspecified atom stereocenters. The molecule has 1 aromatic heterocycles. The second-order valence-electron chi connectivity index (χ2n) is 6.39. The fourth-order valence-corrected chi connectivity index (χ4v) is 3.94. The summed E-state index contributed by atoms with van der Waals surface area (Å²) in [6, 6.07) is 8.31. The largest absolute Gasteiger partial charge is 0.379 e. The molecule has 154 valence electrons. The van der Waals surface area contributed by atoms with Crippen molar-refractivity contribution in [1.29, 1.82) is 0 Å². The maximum atomic E-state index is 6.07. The number of guanidine groups is 1. The topological polar surface area (TPSA) is 61.8 Å². The molecule has 1 aliphatic heterocycles. The van der Waals surface area contributed by atoms with Gasteiger partial charge in [0.25, 0.3) is 0 Å². The van der Waals surface area contributed by atoms with Crippen LogP contribution in [0.1, 0.15) is 21.5 Å². The molecule has 1 fully saturated rings. The van der Waals surface area contributed by atoms with E-state index in [0.29, 0.717) is 6.54 Å². The van der Waals surface area contributed by atoms with E-state index in [-0.39, 0.29) is 30.0 Å². The van der Waals surface area contributed by atoms with Crippen LogP contribution in [0.25, 0.3) is 0 Å². The first-order chi connectivity index (χ1) is 13.2. The van der Waals surface area contributed by atoms with Crippen LogP contribution in [-0.4, -0.2) is 55.7 Å². The molecule has 2 heterocycles. The van der Waals surface area contributed by atoms with Crippen LogP contribution in [0.2, 0.25) is 5.02 Å².